The highest BCUT2D eigenvalue weighted by Gasteiger charge is 2.36. The molecule has 0 spiro atoms. The van der Waals surface area contributed by atoms with E-state index in [1.807, 2.05) is 36.9 Å². The van der Waals surface area contributed by atoms with Crippen LogP contribution in [0.3, 0.4) is 0 Å². The fourth-order valence-electron chi connectivity index (χ4n) is 3.41. The lowest BCUT2D eigenvalue weighted by molar-refractivity contribution is -0.115. The Balaban J connectivity index is 0.000000219. The molecule has 1 heterocycles. The standard InChI is InChI=1S/C17H16O.C4H8N2S/c18-13-17(10-14-6-2-1-3-7-14)11-15-8-4-5-9-16(15)12-17;1-5-4-6-2-3-7-4/h1-9,13H,10-12H2;2-6H,1H3. The maximum atomic E-state index is 11.6. The third kappa shape index (κ3) is 4.53. The molecule has 1 aliphatic carbocycles. The Morgan fingerprint density at radius 3 is 2.24 bits per heavy atom. The normalized spacial score (nSPS) is 19.5. The molecule has 2 aromatic rings. The Morgan fingerprint density at radius 2 is 1.76 bits per heavy atom. The van der Waals surface area contributed by atoms with E-state index in [1.165, 1.54) is 23.0 Å². The summed E-state index contributed by atoms with van der Waals surface area (Å²) in [6, 6.07) is 18.7. The van der Waals surface area contributed by atoms with Crippen LogP contribution in [0.15, 0.2) is 66.2 Å². The maximum Gasteiger partial charge on any atom is 0.129 e. The molecule has 1 unspecified atom stereocenters. The summed E-state index contributed by atoms with van der Waals surface area (Å²) < 4.78 is 0. The Bertz CT molecular complexity index is 697. The van der Waals surface area contributed by atoms with Gasteiger partial charge in [-0.05, 0) is 48.4 Å². The van der Waals surface area contributed by atoms with Gasteiger partial charge in [-0.25, -0.2) is 0 Å². The van der Waals surface area contributed by atoms with Crippen molar-refractivity contribution >= 4 is 18.0 Å². The lowest BCUT2D eigenvalue weighted by atomic mass is 9.80. The van der Waals surface area contributed by atoms with Crippen molar-refractivity contribution in [3.63, 3.8) is 0 Å². The number of thioether (sulfide) groups is 1. The van der Waals surface area contributed by atoms with Crippen LogP contribution in [0.25, 0.3) is 0 Å². The van der Waals surface area contributed by atoms with E-state index in [9.17, 15) is 4.79 Å². The zero-order valence-electron chi connectivity index (χ0n) is 14.4. The summed E-state index contributed by atoms with van der Waals surface area (Å²) in [7, 11) is 1.93. The van der Waals surface area contributed by atoms with Gasteiger partial charge >= 0.3 is 0 Å². The Hall–Kier alpha value is -2.04. The van der Waals surface area contributed by atoms with Crippen molar-refractivity contribution in [3.05, 3.63) is 82.9 Å². The minimum Gasteiger partial charge on any atom is -0.367 e. The molecule has 0 saturated carbocycles. The Labute approximate surface area is 153 Å². The molecule has 130 valence electrons. The summed E-state index contributed by atoms with van der Waals surface area (Å²) in [6.45, 7) is 0. The van der Waals surface area contributed by atoms with Crippen molar-refractivity contribution in [2.75, 3.05) is 7.05 Å². The molecule has 1 atom stereocenters. The summed E-state index contributed by atoms with van der Waals surface area (Å²) in [5.74, 6) is 0. The summed E-state index contributed by atoms with van der Waals surface area (Å²) in [4.78, 5) is 11.6. The molecule has 0 saturated heterocycles. The quantitative estimate of drug-likeness (QED) is 0.826. The van der Waals surface area contributed by atoms with Crippen LogP contribution in [0.1, 0.15) is 16.7 Å². The molecule has 3 nitrogen and oxygen atoms in total. The molecule has 1 aliphatic heterocycles. The first-order valence-corrected chi connectivity index (χ1v) is 9.50. The minimum atomic E-state index is -0.231. The van der Waals surface area contributed by atoms with E-state index in [0.717, 1.165) is 19.3 Å². The highest BCUT2D eigenvalue weighted by atomic mass is 32.2. The molecule has 0 aromatic heterocycles. The monoisotopic (exact) mass is 352 g/mol. The van der Waals surface area contributed by atoms with E-state index in [1.54, 1.807) is 11.8 Å². The molecule has 25 heavy (non-hydrogen) atoms. The number of rotatable bonds is 4. The van der Waals surface area contributed by atoms with Crippen LogP contribution >= 0.6 is 11.8 Å². The van der Waals surface area contributed by atoms with Crippen molar-refractivity contribution in [1.82, 2.24) is 10.6 Å². The summed E-state index contributed by atoms with van der Waals surface area (Å²) in [5.41, 5.74) is 4.09. The first-order valence-electron chi connectivity index (χ1n) is 8.55. The van der Waals surface area contributed by atoms with Gasteiger partial charge in [-0.3, -0.25) is 5.32 Å². The average Bonchev–Trinajstić information content (AvgIpc) is 3.30. The number of hydrogen-bond acceptors (Lipinski definition) is 4. The third-order valence-electron chi connectivity index (χ3n) is 4.64. The van der Waals surface area contributed by atoms with Crippen LogP contribution in [0.2, 0.25) is 0 Å². The highest BCUT2D eigenvalue weighted by Crippen LogP contribution is 2.37. The van der Waals surface area contributed by atoms with Gasteiger partial charge in [0.25, 0.3) is 0 Å². The van der Waals surface area contributed by atoms with E-state index in [0.29, 0.717) is 5.50 Å². The largest absolute Gasteiger partial charge is 0.367 e. The van der Waals surface area contributed by atoms with Gasteiger partial charge in [0.05, 0.1) is 0 Å². The van der Waals surface area contributed by atoms with Crippen LogP contribution in [0, 0.1) is 5.41 Å². The molecule has 0 radical (unpaired) electrons. The van der Waals surface area contributed by atoms with Gasteiger partial charge in [0.15, 0.2) is 0 Å². The third-order valence-corrected chi connectivity index (χ3v) is 5.58. The second-order valence-electron chi connectivity index (χ2n) is 6.54. The molecular formula is C21H24N2OS. The molecule has 2 aromatic carbocycles. The second kappa shape index (κ2) is 8.37. The maximum absolute atomic E-state index is 11.6. The lowest BCUT2D eigenvalue weighted by Gasteiger charge is -2.21. The molecule has 4 rings (SSSR count). The van der Waals surface area contributed by atoms with E-state index in [2.05, 4.69) is 47.0 Å². The number of fused-ring (bicyclic) bond motifs is 1. The fraction of sp³-hybridized carbons (Fsp3) is 0.286. The van der Waals surface area contributed by atoms with Crippen LogP contribution < -0.4 is 10.6 Å². The number of hydrogen-bond donors (Lipinski definition) is 2. The smallest absolute Gasteiger partial charge is 0.129 e. The first-order chi connectivity index (χ1) is 12.2. The molecule has 4 heteroatoms. The van der Waals surface area contributed by atoms with Gasteiger partial charge in [0.1, 0.15) is 11.8 Å². The van der Waals surface area contributed by atoms with Crippen molar-refractivity contribution in [3.8, 4) is 0 Å². The summed E-state index contributed by atoms with van der Waals surface area (Å²) in [5, 5.41) is 8.16. The van der Waals surface area contributed by atoms with Crippen molar-refractivity contribution in [2.24, 2.45) is 5.41 Å². The van der Waals surface area contributed by atoms with E-state index in [4.69, 9.17) is 0 Å². The zero-order chi connectivity index (χ0) is 17.5. The van der Waals surface area contributed by atoms with Crippen LogP contribution in [0.5, 0.6) is 0 Å². The molecule has 2 N–H and O–H groups in total. The van der Waals surface area contributed by atoms with E-state index < -0.39 is 0 Å². The van der Waals surface area contributed by atoms with Gasteiger partial charge in [-0.2, -0.15) is 0 Å². The number of carbonyl (C=O) groups excluding carboxylic acids is 1. The number of aldehydes is 1. The average molecular weight is 353 g/mol. The zero-order valence-corrected chi connectivity index (χ0v) is 15.3. The van der Waals surface area contributed by atoms with Crippen LogP contribution in [-0.4, -0.2) is 18.8 Å². The van der Waals surface area contributed by atoms with E-state index >= 15 is 0 Å². The predicted octanol–water partition coefficient (Wildman–Crippen LogP) is 3.51. The van der Waals surface area contributed by atoms with Crippen molar-refractivity contribution < 1.29 is 4.79 Å². The van der Waals surface area contributed by atoms with Gasteiger partial charge in [-0.15, -0.1) is 0 Å². The SMILES string of the molecule is CNC1NC=CS1.O=CC1(Cc2ccccc2)Cc2ccccc2C1. The Morgan fingerprint density at radius 1 is 1.12 bits per heavy atom. The van der Waals surface area contributed by atoms with Crippen molar-refractivity contribution in [1.29, 1.82) is 0 Å². The lowest BCUT2D eigenvalue weighted by Crippen LogP contribution is -2.30. The summed E-state index contributed by atoms with van der Waals surface area (Å²) >= 11 is 1.74. The Kier molecular flexibility index (Phi) is 5.95. The molecule has 2 aliphatic rings. The predicted molar refractivity (Wildman–Crippen MR) is 105 cm³/mol. The fourth-order valence-corrected chi connectivity index (χ4v) is 4.02. The number of benzene rings is 2. The summed E-state index contributed by atoms with van der Waals surface area (Å²) in [6.07, 6.45) is 5.70. The highest BCUT2D eigenvalue weighted by molar-refractivity contribution is 8.02. The van der Waals surface area contributed by atoms with Gasteiger partial charge < -0.3 is 10.1 Å². The molecular weight excluding hydrogens is 328 g/mol. The van der Waals surface area contributed by atoms with Gasteiger partial charge in [0, 0.05) is 11.6 Å². The second-order valence-corrected chi connectivity index (χ2v) is 7.55. The van der Waals surface area contributed by atoms with Crippen LogP contribution in [-0.2, 0) is 24.1 Å². The first kappa shape index (κ1) is 17.8. The van der Waals surface area contributed by atoms with Gasteiger partial charge in [0.2, 0.25) is 0 Å². The van der Waals surface area contributed by atoms with Crippen molar-refractivity contribution in [2.45, 2.75) is 24.8 Å². The molecule has 0 amide bonds. The molecule has 0 bridgehead atoms. The molecule has 0 fully saturated rings. The number of nitrogens with one attached hydrogen (secondary N) is 2. The topological polar surface area (TPSA) is 41.1 Å². The minimum absolute atomic E-state index is 0.231. The van der Waals surface area contributed by atoms with E-state index in [-0.39, 0.29) is 5.41 Å². The van der Waals surface area contributed by atoms with Gasteiger partial charge in [-0.1, -0.05) is 66.4 Å². The van der Waals surface area contributed by atoms with Crippen LogP contribution in [0.4, 0.5) is 0 Å². The number of carbonyl (C=O) groups is 1.